The average molecular weight is 255 g/mol. The zero-order valence-corrected chi connectivity index (χ0v) is 11.6. The third kappa shape index (κ3) is 5.51. The Hall–Kier alpha value is -0.600. The zero-order valence-electron chi connectivity index (χ0n) is 10.9. The lowest BCUT2D eigenvalue weighted by Gasteiger charge is -2.16. The van der Waals surface area contributed by atoms with E-state index in [1.807, 2.05) is 12.3 Å². The summed E-state index contributed by atoms with van der Waals surface area (Å²) < 4.78 is 0. The Balaban J connectivity index is 2.33. The fourth-order valence-corrected chi connectivity index (χ4v) is 2.35. The number of hydrogen-bond donors (Lipinski definition) is 1. The van der Waals surface area contributed by atoms with E-state index in [-0.39, 0.29) is 0 Å². The Bertz CT molecular complexity index is 309. The van der Waals surface area contributed by atoms with Gasteiger partial charge in [0.25, 0.3) is 0 Å². The molecule has 1 aromatic rings. The van der Waals surface area contributed by atoms with E-state index in [1.165, 1.54) is 31.2 Å². The van der Waals surface area contributed by atoms with Crippen molar-refractivity contribution in [1.82, 2.24) is 10.3 Å². The SMILES string of the molecule is CCCC(CCCc1ccncc1Cl)NCC. The Morgan fingerprint density at radius 3 is 2.82 bits per heavy atom. The first-order valence-corrected chi connectivity index (χ1v) is 6.97. The van der Waals surface area contributed by atoms with Crippen LogP contribution in [0, 0.1) is 0 Å². The van der Waals surface area contributed by atoms with Crippen molar-refractivity contribution >= 4 is 11.6 Å². The molecule has 17 heavy (non-hydrogen) atoms. The predicted molar refractivity (Wildman–Crippen MR) is 74.6 cm³/mol. The van der Waals surface area contributed by atoms with Gasteiger partial charge in [-0.3, -0.25) is 4.98 Å². The topological polar surface area (TPSA) is 24.9 Å². The van der Waals surface area contributed by atoms with Gasteiger partial charge in [0.2, 0.25) is 0 Å². The normalized spacial score (nSPS) is 12.6. The first-order chi connectivity index (χ1) is 8.27. The molecule has 0 radical (unpaired) electrons. The molecule has 0 aliphatic heterocycles. The maximum Gasteiger partial charge on any atom is 0.0621 e. The minimum Gasteiger partial charge on any atom is -0.314 e. The Labute approximate surface area is 110 Å². The van der Waals surface area contributed by atoms with Gasteiger partial charge in [-0.1, -0.05) is 31.9 Å². The van der Waals surface area contributed by atoms with Crippen molar-refractivity contribution in [3.05, 3.63) is 29.0 Å². The molecule has 1 heterocycles. The van der Waals surface area contributed by atoms with Crippen LogP contribution >= 0.6 is 11.6 Å². The van der Waals surface area contributed by atoms with Gasteiger partial charge in [0.1, 0.15) is 0 Å². The van der Waals surface area contributed by atoms with E-state index in [9.17, 15) is 0 Å². The summed E-state index contributed by atoms with van der Waals surface area (Å²) in [5, 5.41) is 4.33. The van der Waals surface area contributed by atoms with Crippen LogP contribution in [-0.4, -0.2) is 17.6 Å². The van der Waals surface area contributed by atoms with Crippen molar-refractivity contribution in [1.29, 1.82) is 0 Å². The lowest BCUT2D eigenvalue weighted by molar-refractivity contribution is 0.447. The molecule has 1 aromatic heterocycles. The molecule has 1 rings (SSSR count). The highest BCUT2D eigenvalue weighted by Crippen LogP contribution is 2.17. The minimum atomic E-state index is 0.658. The summed E-state index contributed by atoms with van der Waals surface area (Å²) in [7, 11) is 0. The molecule has 96 valence electrons. The first kappa shape index (κ1) is 14.5. The molecular formula is C14H23ClN2. The molecule has 0 fully saturated rings. The van der Waals surface area contributed by atoms with Gasteiger partial charge in [-0.05, 0) is 43.9 Å². The van der Waals surface area contributed by atoms with Crippen LogP contribution < -0.4 is 5.32 Å². The van der Waals surface area contributed by atoms with Gasteiger partial charge >= 0.3 is 0 Å². The number of nitrogens with one attached hydrogen (secondary N) is 1. The molecule has 1 atom stereocenters. The van der Waals surface area contributed by atoms with Crippen LogP contribution in [0.15, 0.2) is 18.5 Å². The summed E-state index contributed by atoms with van der Waals surface area (Å²) in [5.74, 6) is 0. The van der Waals surface area contributed by atoms with Crippen molar-refractivity contribution < 1.29 is 0 Å². The van der Waals surface area contributed by atoms with Crippen molar-refractivity contribution in [2.45, 2.75) is 52.0 Å². The standard InChI is InChI=1S/C14H23ClN2/c1-3-6-13(17-4-2)8-5-7-12-9-10-16-11-14(12)15/h9-11,13,17H,3-8H2,1-2H3. The molecule has 1 unspecified atom stereocenters. The summed E-state index contributed by atoms with van der Waals surface area (Å²) in [6.07, 6.45) is 9.50. The largest absolute Gasteiger partial charge is 0.314 e. The van der Waals surface area contributed by atoms with Crippen molar-refractivity contribution in [2.24, 2.45) is 0 Å². The fraction of sp³-hybridized carbons (Fsp3) is 0.643. The Kier molecular flexibility index (Phi) is 7.22. The number of nitrogens with zero attached hydrogens (tertiary/aromatic N) is 1. The monoisotopic (exact) mass is 254 g/mol. The van der Waals surface area contributed by atoms with E-state index in [0.29, 0.717) is 6.04 Å². The highest BCUT2D eigenvalue weighted by atomic mass is 35.5. The number of hydrogen-bond acceptors (Lipinski definition) is 2. The summed E-state index contributed by atoms with van der Waals surface area (Å²) >= 11 is 6.08. The fourth-order valence-electron chi connectivity index (χ4n) is 2.13. The first-order valence-electron chi connectivity index (χ1n) is 6.59. The predicted octanol–water partition coefficient (Wildman–Crippen LogP) is 3.84. The molecule has 0 saturated heterocycles. The second-order valence-electron chi connectivity index (χ2n) is 4.40. The number of rotatable bonds is 8. The Morgan fingerprint density at radius 2 is 2.18 bits per heavy atom. The van der Waals surface area contributed by atoms with Crippen LogP contribution in [0.2, 0.25) is 5.02 Å². The van der Waals surface area contributed by atoms with Crippen LogP contribution in [0.5, 0.6) is 0 Å². The third-order valence-corrected chi connectivity index (χ3v) is 3.33. The van der Waals surface area contributed by atoms with Crippen molar-refractivity contribution in [3.8, 4) is 0 Å². The lowest BCUT2D eigenvalue weighted by Crippen LogP contribution is -2.28. The molecule has 0 bridgehead atoms. The molecule has 0 aliphatic carbocycles. The van der Waals surface area contributed by atoms with Crippen LogP contribution in [0.25, 0.3) is 0 Å². The molecule has 0 aromatic carbocycles. The quantitative estimate of drug-likeness (QED) is 0.763. The number of pyridine rings is 1. The molecular weight excluding hydrogens is 232 g/mol. The number of aromatic nitrogens is 1. The lowest BCUT2D eigenvalue weighted by atomic mass is 10.0. The van der Waals surface area contributed by atoms with E-state index in [4.69, 9.17) is 11.6 Å². The van der Waals surface area contributed by atoms with Gasteiger partial charge in [-0.25, -0.2) is 0 Å². The van der Waals surface area contributed by atoms with Gasteiger partial charge in [-0.2, -0.15) is 0 Å². The highest BCUT2D eigenvalue weighted by molar-refractivity contribution is 6.31. The number of halogens is 1. The van der Waals surface area contributed by atoms with Gasteiger partial charge < -0.3 is 5.32 Å². The summed E-state index contributed by atoms with van der Waals surface area (Å²) in [6.45, 7) is 5.47. The molecule has 0 amide bonds. The van der Waals surface area contributed by atoms with Crippen LogP contribution in [0.3, 0.4) is 0 Å². The molecule has 2 nitrogen and oxygen atoms in total. The van der Waals surface area contributed by atoms with E-state index in [2.05, 4.69) is 24.1 Å². The molecule has 0 aliphatic rings. The summed E-state index contributed by atoms with van der Waals surface area (Å²) in [4.78, 5) is 4.00. The van der Waals surface area contributed by atoms with Gasteiger partial charge in [0.15, 0.2) is 0 Å². The third-order valence-electron chi connectivity index (χ3n) is 2.99. The van der Waals surface area contributed by atoms with Gasteiger partial charge in [0, 0.05) is 18.4 Å². The molecule has 3 heteroatoms. The maximum atomic E-state index is 6.08. The van der Waals surface area contributed by atoms with Gasteiger partial charge in [-0.15, -0.1) is 0 Å². The molecule has 0 spiro atoms. The average Bonchev–Trinajstić information content (AvgIpc) is 2.32. The summed E-state index contributed by atoms with van der Waals surface area (Å²) in [5.41, 5.74) is 1.22. The van der Waals surface area contributed by atoms with E-state index < -0.39 is 0 Å². The minimum absolute atomic E-state index is 0.658. The second-order valence-corrected chi connectivity index (χ2v) is 4.81. The maximum absolute atomic E-state index is 6.08. The molecule has 0 saturated carbocycles. The second kappa shape index (κ2) is 8.48. The van der Waals surface area contributed by atoms with Crippen molar-refractivity contribution in [2.75, 3.05) is 6.54 Å². The highest BCUT2D eigenvalue weighted by Gasteiger charge is 2.06. The van der Waals surface area contributed by atoms with Gasteiger partial charge in [0.05, 0.1) is 5.02 Å². The van der Waals surface area contributed by atoms with Crippen LogP contribution in [0.1, 0.15) is 45.1 Å². The smallest absolute Gasteiger partial charge is 0.0621 e. The number of aryl methyl sites for hydroxylation is 1. The van der Waals surface area contributed by atoms with Crippen LogP contribution in [-0.2, 0) is 6.42 Å². The summed E-state index contributed by atoms with van der Waals surface area (Å²) in [6, 6.07) is 2.68. The van der Waals surface area contributed by atoms with E-state index in [0.717, 1.165) is 18.0 Å². The van der Waals surface area contributed by atoms with E-state index in [1.54, 1.807) is 6.20 Å². The molecule has 1 N–H and O–H groups in total. The zero-order chi connectivity index (χ0) is 12.5. The van der Waals surface area contributed by atoms with Crippen molar-refractivity contribution in [3.63, 3.8) is 0 Å². The van der Waals surface area contributed by atoms with E-state index >= 15 is 0 Å². The Morgan fingerprint density at radius 1 is 1.35 bits per heavy atom. The van der Waals surface area contributed by atoms with Crippen LogP contribution in [0.4, 0.5) is 0 Å².